The number of H-pyrrole nitrogens is 1. The van der Waals surface area contributed by atoms with Gasteiger partial charge in [-0.3, -0.25) is 19.4 Å². The lowest BCUT2D eigenvalue weighted by molar-refractivity contribution is -0.148. The van der Waals surface area contributed by atoms with Gasteiger partial charge < -0.3 is 19.7 Å². The Morgan fingerprint density at radius 2 is 1.88 bits per heavy atom. The van der Waals surface area contributed by atoms with E-state index in [1.165, 1.54) is 0 Å². The Morgan fingerprint density at radius 1 is 1.18 bits per heavy atom. The second-order valence-corrected chi connectivity index (χ2v) is 8.24. The molecule has 2 atom stereocenters. The molecule has 2 aliphatic rings. The van der Waals surface area contributed by atoms with Crippen LogP contribution in [0.2, 0.25) is 0 Å². The van der Waals surface area contributed by atoms with E-state index in [4.69, 9.17) is 9.47 Å². The van der Waals surface area contributed by atoms with Crippen LogP contribution in [-0.2, 0) is 14.3 Å². The Labute approximate surface area is 196 Å². The molecule has 4 rings (SSSR count). The van der Waals surface area contributed by atoms with Gasteiger partial charge in [0.2, 0.25) is 11.9 Å². The average Bonchev–Trinajstić information content (AvgIpc) is 2.84. The van der Waals surface area contributed by atoms with E-state index in [0.29, 0.717) is 56.4 Å². The highest BCUT2D eigenvalue weighted by Gasteiger charge is 2.40. The summed E-state index contributed by atoms with van der Waals surface area (Å²) in [6.45, 7) is 5.55. The number of benzene rings is 1. The number of nitrogens with one attached hydrogen (secondary N) is 2. The van der Waals surface area contributed by atoms with Crippen molar-refractivity contribution in [1.82, 2.24) is 9.97 Å². The lowest BCUT2D eigenvalue weighted by Crippen LogP contribution is -2.41. The molecule has 0 spiro atoms. The minimum Gasteiger partial charge on any atom is -0.494 e. The highest BCUT2D eigenvalue weighted by atomic mass is 16.5. The maximum Gasteiger partial charge on any atom is 0.309 e. The summed E-state index contributed by atoms with van der Waals surface area (Å²) < 4.78 is 10.6. The van der Waals surface area contributed by atoms with E-state index in [1.54, 1.807) is 31.2 Å². The standard InChI is InChI=1S/C24H27N5O5/c1-3-33-16-7-5-14(6-8-16)18-17(13-25)21(30)26-20-19(18)22(31)28-24(27-20)29-11-9-15(10-12-29)23(32)34-4-2/h5-8,15,17-18H,3-4,9-12H2,1-2H3,(H2,26,27,28,30,31). The van der Waals surface area contributed by atoms with Gasteiger partial charge in [-0.05, 0) is 44.4 Å². The van der Waals surface area contributed by atoms with Gasteiger partial charge in [0.05, 0.1) is 30.8 Å². The van der Waals surface area contributed by atoms with Crippen molar-refractivity contribution in [1.29, 1.82) is 5.26 Å². The number of anilines is 2. The lowest BCUT2D eigenvalue weighted by Gasteiger charge is -2.33. The number of aromatic nitrogens is 2. The number of rotatable bonds is 6. The zero-order valence-electron chi connectivity index (χ0n) is 19.2. The lowest BCUT2D eigenvalue weighted by atomic mass is 9.79. The molecule has 1 amide bonds. The molecule has 0 bridgehead atoms. The van der Waals surface area contributed by atoms with E-state index in [9.17, 15) is 19.6 Å². The molecule has 2 aromatic rings. The number of carbonyl (C=O) groups is 2. The average molecular weight is 466 g/mol. The summed E-state index contributed by atoms with van der Waals surface area (Å²) >= 11 is 0. The van der Waals surface area contributed by atoms with Crippen LogP contribution in [0.25, 0.3) is 0 Å². The molecule has 2 aliphatic heterocycles. The number of nitrogens with zero attached hydrogens (tertiary/aromatic N) is 3. The summed E-state index contributed by atoms with van der Waals surface area (Å²) in [6, 6.07) is 9.06. The first-order chi connectivity index (χ1) is 16.5. The van der Waals surface area contributed by atoms with Gasteiger partial charge in [0.1, 0.15) is 17.5 Å². The first kappa shape index (κ1) is 23.3. The van der Waals surface area contributed by atoms with Crippen molar-refractivity contribution >= 4 is 23.6 Å². The summed E-state index contributed by atoms with van der Waals surface area (Å²) in [7, 11) is 0. The van der Waals surface area contributed by atoms with Crippen LogP contribution in [0.4, 0.5) is 11.8 Å². The Balaban J connectivity index is 1.64. The van der Waals surface area contributed by atoms with Crippen LogP contribution in [0, 0.1) is 23.2 Å². The second kappa shape index (κ2) is 9.95. The molecule has 1 fully saturated rings. The molecule has 10 heteroatoms. The van der Waals surface area contributed by atoms with Crippen LogP contribution in [0.3, 0.4) is 0 Å². The summed E-state index contributed by atoms with van der Waals surface area (Å²) in [5.74, 6) is -1.58. The summed E-state index contributed by atoms with van der Waals surface area (Å²) in [4.78, 5) is 47.2. The molecule has 178 valence electrons. The third-order valence-electron chi connectivity index (χ3n) is 6.21. The molecule has 10 nitrogen and oxygen atoms in total. The Hall–Kier alpha value is -3.87. The fourth-order valence-corrected chi connectivity index (χ4v) is 4.53. The van der Waals surface area contributed by atoms with Crippen molar-refractivity contribution < 1.29 is 19.1 Å². The number of esters is 1. The maximum absolute atomic E-state index is 13.2. The third-order valence-corrected chi connectivity index (χ3v) is 6.21. The predicted octanol–water partition coefficient (Wildman–Crippen LogP) is 2.17. The van der Waals surface area contributed by atoms with E-state index in [1.807, 2.05) is 17.9 Å². The monoisotopic (exact) mass is 465 g/mol. The summed E-state index contributed by atoms with van der Waals surface area (Å²) in [5.41, 5.74) is 0.494. The maximum atomic E-state index is 13.2. The Morgan fingerprint density at radius 3 is 2.50 bits per heavy atom. The third kappa shape index (κ3) is 4.46. The molecule has 1 saturated heterocycles. The van der Waals surface area contributed by atoms with Gasteiger partial charge in [-0.2, -0.15) is 10.2 Å². The molecule has 34 heavy (non-hydrogen) atoms. The van der Waals surface area contributed by atoms with Crippen molar-refractivity contribution in [2.45, 2.75) is 32.6 Å². The van der Waals surface area contributed by atoms with Crippen LogP contribution in [0.5, 0.6) is 5.75 Å². The molecule has 0 saturated carbocycles. The molecule has 1 aromatic carbocycles. The van der Waals surface area contributed by atoms with Gasteiger partial charge in [-0.25, -0.2) is 0 Å². The largest absolute Gasteiger partial charge is 0.494 e. The molecular weight excluding hydrogens is 438 g/mol. The number of piperidine rings is 1. The first-order valence-electron chi connectivity index (χ1n) is 11.5. The molecule has 2 N–H and O–H groups in total. The molecule has 1 aromatic heterocycles. The van der Waals surface area contributed by atoms with Crippen molar-refractivity contribution in [2.75, 3.05) is 36.5 Å². The first-order valence-corrected chi connectivity index (χ1v) is 11.5. The highest BCUT2D eigenvalue weighted by molar-refractivity contribution is 5.98. The van der Waals surface area contributed by atoms with Crippen LogP contribution < -0.4 is 20.5 Å². The fourth-order valence-electron chi connectivity index (χ4n) is 4.53. The smallest absolute Gasteiger partial charge is 0.309 e. The van der Waals surface area contributed by atoms with E-state index < -0.39 is 23.3 Å². The van der Waals surface area contributed by atoms with Gasteiger partial charge in [0, 0.05) is 19.0 Å². The minimum atomic E-state index is -1.07. The minimum absolute atomic E-state index is 0.154. The van der Waals surface area contributed by atoms with Crippen LogP contribution in [-0.4, -0.2) is 48.1 Å². The van der Waals surface area contributed by atoms with Crippen LogP contribution in [0.15, 0.2) is 29.1 Å². The van der Waals surface area contributed by atoms with Crippen molar-refractivity contribution in [2.24, 2.45) is 11.8 Å². The predicted molar refractivity (Wildman–Crippen MR) is 124 cm³/mol. The molecule has 0 aliphatic carbocycles. The van der Waals surface area contributed by atoms with Crippen LogP contribution >= 0.6 is 0 Å². The quantitative estimate of drug-likeness (QED) is 0.619. The number of fused-ring (bicyclic) bond motifs is 1. The second-order valence-electron chi connectivity index (χ2n) is 8.24. The van der Waals surface area contributed by atoms with Gasteiger partial charge >= 0.3 is 5.97 Å². The van der Waals surface area contributed by atoms with Crippen LogP contribution in [0.1, 0.15) is 43.7 Å². The highest BCUT2D eigenvalue weighted by Crippen LogP contribution is 2.38. The van der Waals surface area contributed by atoms with Crippen molar-refractivity contribution in [3.63, 3.8) is 0 Å². The number of aromatic amines is 1. The number of nitriles is 1. The van der Waals surface area contributed by atoms with Crippen molar-refractivity contribution in [3.05, 3.63) is 45.7 Å². The van der Waals surface area contributed by atoms with Crippen molar-refractivity contribution in [3.8, 4) is 11.8 Å². The summed E-state index contributed by atoms with van der Waals surface area (Å²) in [5, 5.41) is 12.3. The zero-order chi connectivity index (χ0) is 24.2. The van der Waals surface area contributed by atoms with E-state index >= 15 is 0 Å². The van der Waals surface area contributed by atoms with Gasteiger partial charge in [0.25, 0.3) is 5.56 Å². The SMILES string of the molecule is CCOC(=O)C1CCN(c2nc3c(c(=O)[nH]2)C(c2ccc(OCC)cc2)C(C#N)C(=O)N3)CC1. The Kier molecular flexibility index (Phi) is 6.82. The van der Waals surface area contributed by atoms with Gasteiger partial charge in [-0.15, -0.1) is 0 Å². The molecule has 2 unspecified atom stereocenters. The van der Waals surface area contributed by atoms with E-state index in [2.05, 4.69) is 15.3 Å². The summed E-state index contributed by atoms with van der Waals surface area (Å²) in [6.07, 6.45) is 1.16. The Bertz CT molecular complexity index is 1160. The number of amides is 1. The number of carbonyl (C=O) groups excluding carboxylic acids is 2. The number of hydrogen-bond donors (Lipinski definition) is 2. The number of hydrogen-bond acceptors (Lipinski definition) is 8. The molecule has 3 heterocycles. The topological polar surface area (TPSA) is 137 Å². The van der Waals surface area contributed by atoms with E-state index in [0.717, 1.165) is 0 Å². The van der Waals surface area contributed by atoms with Gasteiger partial charge in [-0.1, -0.05) is 12.1 Å². The normalized spacial score (nSPS) is 20.1. The molecular formula is C24H27N5O5. The number of ether oxygens (including phenoxy) is 2. The fraction of sp³-hybridized carbons (Fsp3) is 0.458. The molecule has 0 radical (unpaired) electrons. The zero-order valence-corrected chi connectivity index (χ0v) is 19.2. The van der Waals surface area contributed by atoms with Gasteiger partial charge in [0.15, 0.2) is 0 Å². The van der Waals surface area contributed by atoms with E-state index in [-0.39, 0.29) is 23.3 Å².